The second-order valence-corrected chi connectivity index (χ2v) is 7.74. The van der Waals surface area contributed by atoms with E-state index < -0.39 is 9.84 Å². The van der Waals surface area contributed by atoms with Gasteiger partial charge < -0.3 is 14.8 Å². The van der Waals surface area contributed by atoms with E-state index in [1.54, 1.807) is 14.2 Å². The van der Waals surface area contributed by atoms with Gasteiger partial charge in [-0.2, -0.15) is 0 Å². The Labute approximate surface area is 126 Å². The summed E-state index contributed by atoms with van der Waals surface area (Å²) >= 11 is 0. The first-order valence-corrected chi connectivity index (χ1v) is 8.93. The van der Waals surface area contributed by atoms with Crippen LogP contribution in [0.3, 0.4) is 0 Å². The highest BCUT2D eigenvalue weighted by Crippen LogP contribution is 2.30. The Hall–Kier alpha value is -1.27. The van der Waals surface area contributed by atoms with E-state index in [-0.39, 0.29) is 12.0 Å². The lowest BCUT2D eigenvalue weighted by Gasteiger charge is -2.18. The predicted molar refractivity (Wildman–Crippen MR) is 82.7 cm³/mol. The smallest absolute Gasteiger partial charge is 0.161 e. The van der Waals surface area contributed by atoms with Crippen LogP contribution in [0, 0.1) is 5.92 Å². The van der Waals surface area contributed by atoms with Gasteiger partial charge in [0.1, 0.15) is 0 Å². The summed E-state index contributed by atoms with van der Waals surface area (Å²) in [6.07, 6.45) is 0.758. The molecular formula is C15H23NO4S. The molecule has 1 aliphatic rings. The number of methoxy groups -OCH3 is 2. The van der Waals surface area contributed by atoms with Crippen LogP contribution in [0.25, 0.3) is 0 Å². The average Bonchev–Trinajstić information content (AvgIpc) is 2.83. The van der Waals surface area contributed by atoms with Crippen molar-refractivity contribution in [1.82, 2.24) is 5.32 Å². The standard InChI is InChI=1S/C15H23NO4S/c1-11(16-9-12-6-7-21(17,18)10-12)13-4-5-14(19-2)15(8-13)20-3/h4-5,8,11-12,16H,6-7,9-10H2,1-3H3. The molecule has 0 aromatic heterocycles. The molecule has 0 spiro atoms. The summed E-state index contributed by atoms with van der Waals surface area (Å²) < 4.78 is 33.4. The van der Waals surface area contributed by atoms with Gasteiger partial charge >= 0.3 is 0 Å². The molecule has 2 atom stereocenters. The maximum Gasteiger partial charge on any atom is 0.161 e. The Morgan fingerprint density at radius 1 is 1.29 bits per heavy atom. The van der Waals surface area contributed by atoms with Crippen LogP contribution < -0.4 is 14.8 Å². The van der Waals surface area contributed by atoms with Gasteiger partial charge in [-0.3, -0.25) is 0 Å². The number of hydrogen-bond donors (Lipinski definition) is 1. The van der Waals surface area contributed by atoms with Crippen molar-refractivity contribution in [3.63, 3.8) is 0 Å². The minimum absolute atomic E-state index is 0.133. The molecule has 2 rings (SSSR count). The van der Waals surface area contributed by atoms with Crippen molar-refractivity contribution in [2.75, 3.05) is 32.3 Å². The lowest BCUT2D eigenvalue weighted by atomic mass is 10.1. The molecule has 1 aromatic rings. The van der Waals surface area contributed by atoms with Crippen LogP contribution in [0.4, 0.5) is 0 Å². The molecule has 1 saturated heterocycles. The second-order valence-electron chi connectivity index (χ2n) is 5.51. The third-order valence-electron chi connectivity index (χ3n) is 3.95. The van der Waals surface area contributed by atoms with Crippen LogP contribution in [0.5, 0.6) is 11.5 Å². The molecule has 1 aromatic carbocycles. The molecule has 1 N–H and O–H groups in total. The summed E-state index contributed by atoms with van der Waals surface area (Å²) in [5, 5.41) is 3.41. The largest absolute Gasteiger partial charge is 0.493 e. The van der Waals surface area contributed by atoms with Crippen molar-refractivity contribution in [1.29, 1.82) is 0 Å². The molecule has 21 heavy (non-hydrogen) atoms. The minimum atomic E-state index is -2.80. The fraction of sp³-hybridized carbons (Fsp3) is 0.600. The zero-order valence-electron chi connectivity index (χ0n) is 12.8. The highest BCUT2D eigenvalue weighted by molar-refractivity contribution is 7.91. The molecule has 2 unspecified atom stereocenters. The molecule has 0 amide bonds. The lowest BCUT2D eigenvalue weighted by Crippen LogP contribution is -2.26. The summed E-state index contributed by atoms with van der Waals surface area (Å²) in [6.45, 7) is 2.78. The highest BCUT2D eigenvalue weighted by atomic mass is 32.2. The van der Waals surface area contributed by atoms with E-state index in [9.17, 15) is 8.42 Å². The molecular weight excluding hydrogens is 290 g/mol. The van der Waals surface area contributed by atoms with Gasteiger partial charge in [-0.05, 0) is 43.5 Å². The van der Waals surface area contributed by atoms with E-state index in [0.717, 1.165) is 18.5 Å². The zero-order valence-corrected chi connectivity index (χ0v) is 13.6. The first kappa shape index (κ1) is 16.1. The van der Waals surface area contributed by atoms with Gasteiger partial charge in [-0.15, -0.1) is 0 Å². The molecule has 1 fully saturated rings. The van der Waals surface area contributed by atoms with Gasteiger partial charge in [0.05, 0.1) is 25.7 Å². The van der Waals surface area contributed by atoms with Gasteiger partial charge in [-0.25, -0.2) is 8.42 Å². The van der Waals surface area contributed by atoms with Crippen molar-refractivity contribution in [3.05, 3.63) is 23.8 Å². The summed E-state index contributed by atoms with van der Waals surface area (Å²) in [6, 6.07) is 5.95. The summed E-state index contributed by atoms with van der Waals surface area (Å²) in [4.78, 5) is 0. The third-order valence-corrected chi connectivity index (χ3v) is 5.78. The van der Waals surface area contributed by atoms with Crippen molar-refractivity contribution in [2.45, 2.75) is 19.4 Å². The molecule has 0 radical (unpaired) electrons. The first-order valence-electron chi connectivity index (χ1n) is 7.11. The molecule has 1 heterocycles. The molecule has 0 bridgehead atoms. The van der Waals surface area contributed by atoms with E-state index in [1.165, 1.54) is 0 Å². The van der Waals surface area contributed by atoms with Crippen molar-refractivity contribution in [2.24, 2.45) is 5.92 Å². The van der Waals surface area contributed by atoms with Crippen LogP contribution in [-0.2, 0) is 9.84 Å². The SMILES string of the molecule is COc1ccc(C(C)NCC2CCS(=O)(=O)C2)cc1OC. The monoisotopic (exact) mass is 313 g/mol. The summed E-state index contributed by atoms with van der Waals surface area (Å²) in [7, 11) is 0.421. The van der Waals surface area contributed by atoms with Gasteiger partial charge in [0.25, 0.3) is 0 Å². The van der Waals surface area contributed by atoms with E-state index in [0.29, 0.717) is 23.0 Å². The number of rotatable bonds is 6. The molecule has 0 aliphatic carbocycles. The average molecular weight is 313 g/mol. The number of nitrogens with one attached hydrogen (secondary N) is 1. The maximum atomic E-state index is 11.5. The van der Waals surface area contributed by atoms with E-state index in [1.807, 2.05) is 18.2 Å². The lowest BCUT2D eigenvalue weighted by molar-refractivity contribution is 0.353. The first-order chi connectivity index (χ1) is 9.95. The fourth-order valence-corrected chi connectivity index (χ4v) is 4.48. The van der Waals surface area contributed by atoms with Gasteiger partial charge in [0, 0.05) is 6.04 Å². The zero-order chi connectivity index (χ0) is 15.5. The van der Waals surface area contributed by atoms with Crippen molar-refractivity contribution >= 4 is 9.84 Å². The maximum absolute atomic E-state index is 11.5. The topological polar surface area (TPSA) is 64.6 Å². The fourth-order valence-electron chi connectivity index (χ4n) is 2.62. The molecule has 1 aliphatic heterocycles. The normalized spacial score (nSPS) is 22.0. The molecule has 6 heteroatoms. The minimum Gasteiger partial charge on any atom is -0.493 e. The van der Waals surface area contributed by atoms with E-state index in [4.69, 9.17) is 9.47 Å². The van der Waals surface area contributed by atoms with Gasteiger partial charge in [0.2, 0.25) is 0 Å². The molecule has 118 valence electrons. The Kier molecular flexibility index (Phi) is 5.11. The van der Waals surface area contributed by atoms with Crippen LogP contribution in [0.1, 0.15) is 24.9 Å². The van der Waals surface area contributed by atoms with Crippen LogP contribution in [-0.4, -0.2) is 40.7 Å². The Morgan fingerprint density at radius 2 is 2.00 bits per heavy atom. The van der Waals surface area contributed by atoms with E-state index in [2.05, 4.69) is 12.2 Å². The number of sulfone groups is 1. The third kappa shape index (κ3) is 4.11. The van der Waals surface area contributed by atoms with Crippen molar-refractivity contribution < 1.29 is 17.9 Å². The molecule has 5 nitrogen and oxygen atoms in total. The second kappa shape index (κ2) is 6.66. The van der Waals surface area contributed by atoms with Gasteiger partial charge in [0.15, 0.2) is 21.3 Å². The number of benzene rings is 1. The Morgan fingerprint density at radius 3 is 2.57 bits per heavy atom. The van der Waals surface area contributed by atoms with E-state index >= 15 is 0 Å². The molecule has 0 saturated carbocycles. The Balaban J connectivity index is 1.96. The quantitative estimate of drug-likeness (QED) is 0.867. The highest BCUT2D eigenvalue weighted by Gasteiger charge is 2.27. The number of ether oxygens (including phenoxy) is 2. The number of hydrogen-bond acceptors (Lipinski definition) is 5. The van der Waals surface area contributed by atoms with Crippen molar-refractivity contribution in [3.8, 4) is 11.5 Å². The summed E-state index contributed by atoms with van der Waals surface area (Å²) in [5.74, 6) is 2.25. The summed E-state index contributed by atoms with van der Waals surface area (Å²) in [5.41, 5.74) is 1.09. The Bertz CT molecular complexity index is 585. The van der Waals surface area contributed by atoms with Crippen LogP contribution in [0.2, 0.25) is 0 Å². The van der Waals surface area contributed by atoms with Crippen LogP contribution in [0.15, 0.2) is 18.2 Å². The van der Waals surface area contributed by atoms with Crippen LogP contribution >= 0.6 is 0 Å². The van der Waals surface area contributed by atoms with Gasteiger partial charge in [-0.1, -0.05) is 6.07 Å². The predicted octanol–water partition coefficient (Wildman–Crippen LogP) is 1.79.